The Morgan fingerprint density at radius 1 is 1.42 bits per heavy atom. The minimum absolute atomic E-state index is 0.0419. The number of rotatable bonds is 6. The van der Waals surface area contributed by atoms with Gasteiger partial charge in [0.25, 0.3) is 0 Å². The van der Waals surface area contributed by atoms with E-state index in [0.29, 0.717) is 24.7 Å². The molecule has 0 atom stereocenters. The van der Waals surface area contributed by atoms with Crippen molar-refractivity contribution >= 4 is 10.0 Å². The van der Waals surface area contributed by atoms with Gasteiger partial charge < -0.3 is 5.73 Å². The molecule has 19 heavy (non-hydrogen) atoms. The molecule has 0 radical (unpaired) electrons. The Morgan fingerprint density at radius 2 is 2.11 bits per heavy atom. The number of nitrogens with two attached hydrogens (primary N) is 1. The van der Waals surface area contributed by atoms with Crippen LogP contribution in [0.2, 0.25) is 0 Å². The number of aromatic nitrogens is 1. The van der Waals surface area contributed by atoms with Crippen molar-refractivity contribution in [2.45, 2.75) is 44.2 Å². The summed E-state index contributed by atoms with van der Waals surface area (Å²) < 4.78 is 26.8. The van der Waals surface area contributed by atoms with E-state index in [1.54, 1.807) is 16.4 Å². The van der Waals surface area contributed by atoms with E-state index in [2.05, 4.69) is 4.98 Å². The van der Waals surface area contributed by atoms with Crippen molar-refractivity contribution in [2.75, 3.05) is 6.54 Å². The highest BCUT2D eigenvalue weighted by molar-refractivity contribution is 7.89. The van der Waals surface area contributed by atoms with E-state index in [4.69, 9.17) is 5.73 Å². The molecule has 6 heteroatoms. The Kier molecular flexibility index (Phi) is 4.23. The first-order valence-corrected chi connectivity index (χ1v) is 8.06. The highest BCUT2D eigenvalue weighted by Crippen LogP contribution is 2.32. The standard InChI is InChI=1S/C13H21N3O2S/c1-10(2)16(9-11-3-4-11)19(17,18)13-6-5-12(7-14)15-8-13/h5-6,8,10-11H,3-4,7,9,14H2,1-2H3. The molecular weight excluding hydrogens is 262 g/mol. The average Bonchev–Trinajstić information content (AvgIpc) is 3.19. The van der Waals surface area contributed by atoms with Gasteiger partial charge in [-0.15, -0.1) is 0 Å². The van der Waals surface area contributed by atoms with Gasteiger partial charge in [0.15, 0.2) is 0 Å². The molecule has 0 unspecified atom stereocenters. The molecule has 0 aliphatic heterocycles. The topological polar surface area (TPSA) is 76.3 Å². The van der Waals surface area contributed by atoms with Crippen molar-refractivity contribution in [1.29, 1.82) is 0 Å². The van der Waals surface area contributed by atoms with Crippen molar-refractivity contribution in [2.24, 2.45) is 11.7 Å². The minimum Gasteiger partial charge on any atom is -0.325 e. The van der Waals surface area contributed by atoms with Gasteiger partial charge in [0, 0.05) is 25.3 Å². The van der Waals surface area contributed by atoms with Gasteiger partial charge in [0.1, 0.15) is 4.90 Å². The second kappa shape index (κ2) is 5.56. The molecule has 0 saturated heterocycles. The molecule has 1 aliphatic rings. The highest BCUT2D eigenvalue weighted by atomic mass is 32.2. The summed E-state index contributed by atoms with van der Waals surface area (Å²) in [5, 5.41) is 0. The summed E-state index contributed by atoms with van der Waals surface area (Å²) in [7, 11) is -3.45. The van der Waals surface area contributed by atoms with Crippen molar-refractivity contribution in [1.82, 2.24) is 9.29 Å². The van der Waals surface area contributed by atoms with Crippen molar-refractivity contribution in [3.63, 3.8) is 0 Å². The Balaban J connectivity index is 2.26. The van der Waals surface area contributed by atoms with E-state index in [1.807, 2.05) is 13.8 Å². The Bertz CT molecular complexity index is 521. The number of sulfonamides is 1. The zero-order valence-electron chi connectivity index (χ0n) is 11.4. The zero-order valence-corrected chi connectivity index (χ0v) is 12.2. The van der Waals surface area contributed by atoms with Crippen LogP contribution in [0.3, 0.4) is 0 Å². The lowest BCUT2D eigenvalue weighted by atomic mass is 10.3. The van der Waals surface area contributed by atoms with E-state index in [9.17, 15) is 8.42 Å². The molecule has 0 spiro atoms. The Labute approximate surface area is 114 Å². The maximum Gasteiger partial charge on any atom is 0.244 e. The van der Waals surface area contributed by atoms with Crippen LogP contribution in [0.4, 0.5) is 0 Å². The van der Waals surface area contributed by atoms with Gasteiger partial charge in [-0.1, -0.05) is 0 Å². The minimum atomic E-state index is -3.45. The van der Waals surface area contributed by atoms with Crippen molar-refractivity contribution in [3.05, 3.63) is 24.0 Å². The van der Waals surface area contributed by atoms with E-state index < -0.39 is 10.0 Å². The summed E-state index contributed by atoms with van der Waals surface area (Å²) in [5.41, 5.74) is 6.16. The molecule has 0 bridgehead atoms. The van der Waals surface area contributed by atoms with Crippen LogP contribution in [-0.4, -0.2) is 30.3 Å². The summed E-state index contributed by atoms with van der Waals surface area (Å²) in [6.07, 6.45) is 3.66. The van der Waals surface area contributed by atoms with Crippen molar-refractivity contribution < 1.29 is 8.42 Å². The van der Waals surface area contributed by atoms with Gasteiger partial charge in [-0.3, -0.25) is 4.98 Å². The van der Waals surface area contributed by atoms with Gasteiger partial charge in [-0.2, -0.15) is 4.31 Å². The third kappa shape index (κ3) is 3.32. The van der Waals surface area contributed by atoms with Crippen LogP contribution < -0.4 is 5.73 Å². The molecule has 1 aromatic heterocycles. The lowest BCUT2D eigenvalue weighted by Crippen LogP contribution is -2.38. The molecule has 5 nitrogen and oxygen atoms in total. The number of pyridine rings is 1. The molecule has 1 fully saturated rings. The summed E-state index contributed by atoms with van der Waals surface area (Å²) in [6.45, 7) is 4.73. The molecule has 1 aliphatic carbocycles. The fourth-order valence-corrected chi connectivity index (χ4v) is 3.62. The van der Waals surface area contributed by atoms with Crippen LogP contribution in [0, 0.1) is 5.92 Å². The molecule has 106 valence electrons. The lowest BCUT2D eigenvalue weighted by molar-refractivity contribution is 0.341. The highest BCUT2D eigenvalue weighted by Gasteiger charge is 2.33. The fraction of sp³-hybridized carbons (Fsp3) is 0.615. The van der Waals surface area contributed by atoms with E-state index in [0.717, 1.165) is 12.8 Å². The molecular formula is C13H21N3O2S. The first kappa shape index (κ1) is 14.4. The first-order valence-electron chi connectivity index (χ1n) is 6.62. The molecule has 2 rings (SSSR count). The number of hydrogen-bond donors (Lipinski definition) is 1. The number of nitrogens with zero attached hydrogens (tertiary/aromatic N) is 2. The van der Waals surface area contributed by atoms with Crippen molar-refractivity contribution in [3.8, 4) is 0 Å². The van der Waals surface area contributed by atoms with Crippen LogP contribution in [0.25, 0.3) is 0 Å². The SMILES string of the molecule is CC(C)N(CC1CC1)S(=O)(=O)c1ccc(CN)nc1. The average molecular weight is 283 g/mol. The zero-order chi connectivity index (χ0) is 14.0. The molecule has 0 aromatic carbocycles. The van der Waals surface area contributed by atoms with E-state index in [1.165, 1.54) is 6.20 Å². The smallest absolute Gasteiger partial charge is 0.244 e. The number of hydrogen-bond acceptors (Lipinski definition) is 4. The van der Waals surface area contributed by atoms with Crippen LogP contribution in [0.5, 0.6) is 0 Å². The summed E-state index contributed by atoms with van der Waals surface area (Å²) in [5.74, 6) is 0.522. The maximum atomic E-state index is 12.6. The Hall–Kier alpha value is -0.980. The van der Waals surface area contributed by atoms with Crippen LogP contribution in [-0.2, 0) is 16.6 Å². The predicted octanol–water partition coefficient (Wildman–Crippen LogP) is 1.35. The van der Waals surface area contributed by atoms with Crippen LogP contribution in [0.1, 0.15) is 32.4 Å². The van der Waals surface area contributed by atoms with Crippen LogP contribution >= 0.6 is 0 Å². The molecule has 1 aromatic rings. The predicted molar refractivity (Wildman–Crippen MR) is 73.9 cm³/mol. The summed E-state index contributed by atoms with van der Waals surface area (Å²) >= 11 is 0. The largest absolute Gasteiger partial charge is 0.325 e. The quantitative estimate of drug-likeness (QED) is 0.855. The first-order chi connectivity index (χ1) is 8.95. The monoisotopic (exact) mass is 283 g/mol. The molecule has 0 amide bonds. The third-order valence-electron chi connectivity index (χ3n) is 3.32. The van der Waals surface area contributed by atoms with E-state index >= 15 is 0 Å². The maximum absolute atomic E-state index is 12.6. The second-order valence-corrected chi connectivity index (χ2v) is 7.19. The summed E-state index contributed by atoms with van der Waals surface area (Å²) in [6, 6.07) is 3.22. The van der Waals surface area contributed by atoms with Crippen LogP contribution in [0.15, 0.2) is 23.2 Å². The van der Waals surface area contributed by atoms with Gasteiger partial charge in [0.05, 0.1) is 5.69 Å². The molecule has 1 saturated carbocycles. The third-order valence-corrected chi connectivity index (χ3v) is 5.35. The molecule has 1 heterocycles. The van der Waals surface area contributed by atoms with Gasteiger partial charge in [-0.05, 0) is 44.7 Å². The summed E-state index contributed by atoms with van der Waals surface area (Å²) in [4.78, 5) is 4.32. The fourth-order valence-electron chi connectivity index (χ4n) is 1.96. The van der Waals surface area contributed by atoms with Gasteiger partial charge in [-0.25, -0.2) is 8.42 Å². The lowest BCUT2D eigenvalue weighted by Gasteiger charge is -2.25. The van der Waals surface area contributed by atoms with Gasteiger partial charge in [0.2, 0.25) is 10.0 Å². The van der Waals surface area contributed by atoms with E-state index in [-0.39, 0.29) is 10.9 Å². The second-order valence-electron chi connectivity index (χ2n) is 5.30. The van der Waals surface area contributed by atoms with Gasteiger partial charge >= 0.3 is 0 Å². The normalized spacial score (nSPS) is 16.3. The Morgan fingerprint density at radius 3 is 2.53 bits per heavy atom. The molecule has 2 N–H and O–H groups in total.